The van der Waals surface area contributed by atoms with Crippen LogP contribution in [-0.2, 0) is 0 Å². The van der Waals surface area contributed by atoms with Gasteiger partial charge >= 0.3 is 0 Å². The van der Waals surface area contributed by atoms with Crippen LogP contribution in [-0.4, -0.2) is 56.6 Å². The second-order valence-corrected chi connectivity index (χ2v) is 8.17. The number of nitrogens with one attached hydrogen (secondary N) is 1. The molecule has 7 nitrogen and oxygen atoms in total. The lowest BCUT2D eigenvalue weighted by Gasteiger charge is -2.16. The zero-order chi connectivity index (χ0) is 22.0. The lowest BCUT2D eigenvalue weighted by molar-refractivity contribution is 0.102. The second kappa shape index (κ2) is 8.73. The number of aromatic nitrogens is 1. The van der Waals surface area contributed by atoms with Crippen LogP contribution in [0.3, 0.4) is 0 Å². The van der Waals surface area contributed by atoms with Crippen molar-refractivity contribution in [2.75, 3.05) is 45.0 Å². The molecular formula is C24H27N5O2. The summed E-state index contributed by atoms with van der Waals surface area (Å²) in [4.78, 5) is 26.1. The molecule has 0 saturated carbocycles. The van der Waals surface area contributed by atoms with Gasteiger partial charge in [0, 0.05) is 43.1 Å². The van der Waals surface area contributed by atoms with E-state index in [0.29, 0.717) is 28.0 Å². The lowest BCUT2D eigenvalue weighted by atomic mass is 10.1. The zero-order valence-electron chi connectivity index (χ0n) is 18.3. The molecule has 0 aliphatic carbocycles. The van der Waals surface area contributed by atoms with Crippen molar-refractivity contribution in [1.82, 2.24) is 9.88 Å². The number of amides is 1. The maximum atomic E-state index is 12.7. The Morgan fingerprint density at radius 1 is 1.13 bits per heavy atom. The van der Waals surface area contributed by atoms with Crippen LogP contribution in [0.15, 0.2) is 57.9 Å². The maximum absolute atomic E-state index is 12.7. The number of hydrogen-bond acceptors (Lipinski definition) is 6. The Balaban J connectivity index is 1.55. The number of rotatable bonds is 6. The minimum Gasteiger partial charge on any atom is -0.435 e. The summed E-state index contributed by atoms with van der Waals surface area (Å²) in [6, 6.07) is 15.2. The Hall–Kier alpha value is -3.45. The molecule has 0 radical (unpaired) electrons. The maximum Gasteiger partial charge on any atom is 0.255 e. The largest absolute Gasteiger partial charge is 0.435 e. The molecule has 0 bridgehead atoms. The number of anilines is 2. The van der Waals surface area contributed by atoms with Gasteiger partial charge in [-0.25, -0.2) is 0 Å². The molecule has 1 atom stereocenters. The first-order chi connectivity index (χ1) is 14.9. The summed E-state index contributed by atoms with van der Waals surface area (Å²) < 4.78 is 5.94. The SMILES string of the molecule is CN(C)CC1CC=c2oc(-c3cccc(NC(=O)c4cccc(N(C)C)c4)c3)nc2=N1. The average Bonchev–Trinajstić information content (AvgIpc) is 3.17. The second-order valence-electron chi connectivity index (χ2n) is 8.17. The molecule has 0 fully saturated rings. The highest BCUT2D eigenvalue weighted by molar-refractivity contribution is 6.05. The third kappa shape index (κ3) is 4.83. The topological polar surface area (TPSA) is 74.0 Å². The van der Waals surface area contributed by atoms with E-state index in [1.807, 2.05) is 75.6 Å². The molecule has 2 aromatic carbocycles. The third-order valence-electron chi connectivity index (χ3n) is 5.08. The molecule has 3 aromatic rings. The molecule has 31 heavy (non-hydrogen) atoms. The van der Waals surface area contributed by atoms with Crippen molar-refractivity contribution in [1.29, 1.82) is 0 Å². The molecular weight excluding hydrogens is 390 g/mol. The number of nitrogens with zero attached hydrogens (tertiary/aromatic N) is 4. The number of hydrogen-bond donors (Lipinski definition) is 1. The monoisotopic (exact) mass is 417 g/mol. The van der Waals surface area contributed by atoms with Gasteiger partial charge < -0.3 is 19.5 Å². The molecule has 7 heteroatoms. The van der Waals surface area contributed by atoms with Gasteiger partial charge in [0.05, 0.1) is 6.04 Å². The highest BCUT2D eigenvalue weighted by atomic mass is 16.3. The van der Waals surface area contributed by atoms with Gasteiger partial charge in [0.25, 0.3) is 5.91 Å². The fourth-order valence-corrected chi connectivity index (χ4v) is 3.54. The van der Waals surface area contributed by atoms with Gasteiger partial charge in [0.1, 0.15) is 0 Å². The smallest absolute Gasteiger partial charge is 0.255 e. The summed E-state index contributed by atoms with van der Waals surface area (Å²) >= 11 is 0. The fraction of sp³-hybridized carbons (Fsp3) is 0.292. The van der Waals surface area contributed by atoms with Crippen LogP contribution < -0.4 is 21.1 Å². The van der Waals surface area contributed by atoms with Gasteiger partial charge in [-0.1, -0.05) is 12.1 Å². The summed E-state index contributed by atoms with van der Waals surface area (Å²) in [5.74, 6) is 0.337. The van der Waals surface area contributed by atoms with Crippen LogP contribution in [0.25, 0.3) is 17.5 Å². The molecule has 1 aliphatic rings. The Morgan fingerprint density at radius 3 is 2.71 bits per heavy atom. The quantitative estimate of drug-likeness (QED) is 0.667. The van der Waals surface area contributed by atoms with Crippen molar-refractivity contribution in [3.63, 3.8) is 0 Å². The van der Waals surface area contributed by atoms with E-state index in [9.17, 15) is 4.79 Å². The van der Waals surface area contributed by atoms with Crippen molar-refractivity contribution < 1.29 is 9.21 Å². The Labute approximate surface area is 181 Å². The number of likely N-dealkylation sites (N-methyl/N-ethyl adjacent to an activating group) is 1. The first-order valence-electron chi connectivity index (χ1n) is 10.3. The van der Waals surface area contributed by atoms with Crippen LogP contribution in [0, 0.1) is 0 Å². The van der Waals surface area contributed by atoms with Gasteiger partial charge in [-0.3, -0.25) is 9.79 Å². The predicted molar refractivity (Wildman–Crippen MR) is 123 cm³/mol. The molecule has 1 unspecified atom stereocenters. The van der Waals surface area contributed by atoms with Crippen LogP contribution in [0.4, 0.5) is 11.4 Å². The lowest BCUT2D eigenvalue weighted by Crippen LogP contribution is -2.34. The van der Waals surface area contributed by atoms with Crippen LogP contribution >= 0.6 is 0 Å². The predicted octanol–water partition coefficient (Wildman–Crippen LogP) is 2.39. The van der Waals surface area contributed by atoms with E-state index in [-0.39, 0.29) is 11.9 Å². The summed E-state index contributed by atoms with van der Waals surface area (Å²) in [6.07, 6.45) is 2.89. The molecule has 0 spiro atoms. The van der Waals surface area contributed by atoms with Crippen LogP contribution in [0.2, 0.25) is 0 Å². The van der Waals surface area contributed by atoms with Gasteiger partial charge in [-0.2, -0.15) is 4.98 Å². The molecule has 1 aliphatic heterocycles. The zero-order valence-corrected chi connectivity index (χ0v) is 18.3. The van der Waals surface area contributed by atoms with Gasteiger partial charge in [0.2, 0.25) is 5.89 Å². The summed E-state index contributed by atoms with van der Waals surface area (Å²) in [6.45, 7) is 0.870. The summed E-state index contributed by atoms with van der Waals surface area (Å²) in [7, 11) is 7.97. The number of fused-ring (bicyclic) bond motifs is 1. The standard InChI is InChI=1S/C24H27N5O2/c1-28(2)15-19-11-12-21-22(25-19)27-24(31-21)17-8-5-9-18(13-17)26-23(30)16-7-6-10-20(14-16)29(3)4/h5-10,12-14,19H,11,15H2,1-4H3,(H,26,30). The minimum absolute atomic E-state index is 0.164. The molecule has 0 saturated heterocycles. The van der Waals surface area contributed by atoms with E-state index < -0.39 is 0 Å². The molecule has 1 amide bonds. The van der Waals surface area contributed by atoms with Crippen LogP contribution in [0.1, 0.15) is 16.8 Å². The molecule has 2 heterocycles. The van der Waals surface area contributed by atoms with Crippen molar-refractivity contribution in [2.45, 2.75) is 12.5 Å². The average molecular weight is 418 g/mol. The third-order valence-corrected chi connectivity index (χ3v) is 5.08. The molecule has 4 rings (SSSR count). The van der Waals surface area contributed by atoms with Gasteiger partial charge in [-0.15, -0.1) is 0 Å². The van der Waals surface area contributed by atoms with Crippen molar-refractivity contribution >= 4 is 23.4 Å². The first-order valence-corrected chi connectivity index (χ1v) is 10.3. The molecule has 1 aromatic heterocycles. The van der Waals surface area contributed by atoms with E-state index in [0.717, 1.165) is 24.2 Å². The Morgan fingerprint density at radius 2 is 1.94 bits per heavy atom. The van der Waals surface area contributed by atoms with Crippen molar-refractivity contribution in [3.8, 4) is 11.5 Å². The van der Waals surface area contributed by atoms with E-state index in [2.05, 4.69) is 21.3 Å². The van der Waals surface area contributed by atoms with Gasteiger partial charge in [-0.05, 0) is 63.0 Å². The first kappa shape index (κ1) is 20.8. The van der Waals surface area contributed by atoms with Crippen LogP contribution in [0.5, 0.6) is 0 Å². The van der Waals surface area contributed by atoms with Gasteiger partial charge in [0.15, 0.2) is 10.9 Å². The highest BCUT2D eigenvalue weighted by Gasteiger charge is 2.15. The number of carbonyl (C=O) groups is 1. The normalized spacial score (nSPS) is 15.1. The van der Waals surface area contributed by atoms with E-state index in [1.54, 1.807) is 6.07 Å². The molecule has 160 valence electrons. The summed E-state index contributed by atoms with van der Waals surface area (Å²) in [5, 5.41) is 2.96. The number of benzene rings is 2. The minimum atomic E-state index is -0.164. The van der Waals surface area contributed by atoms with Crippen molar-refractivity contribution in [2.24, 2.45) is 4.99 Å². The Bertz CT molecular complexity index is 1210. The highest BCUT2D eigenvalue weighted by Crippen LogP contribution is 2.21. The molecule has 1 N–H and O–H groups in total. The van der Waals surface area contributed by atoms with Crippen molar-refractivity contribution in [3.05, 3.63) is 65.0 Å². The number of oxazole rings is 1. The number of carbonyl (C=O) groups excluding carboxylic acids is 1. The summed E-state index contributed by atoms with van der Waals surface area (Å²) in [5.41, 5.74) is 4.40. The fourth-order valence-electron chi connectivity index (χ4n) is 3.54. The van der Waals surface area contributed by atoms with E-state index >= 15 is 0 Å². The van der Waals surface area contributed by atoms with E-state index in [4.69, 9.17) is 9.41 Å². The Kier molecular flexibility index (Phi) is 5.86. The van der Waals surface area contributed by atoms with E-state index in [1.165, 1.54) is 0 Å².